The van der Waals surface area contributed by atoms with Crippen LogP contribution in [0.5, 0.6) is 0 Å². The number of aryl methyl sites for hydroxylation is 2. The molecule has 0 aliphatic heterocycles. The summed E-state index contributed by atoms with van der Waals surface area (Å²) in [6.45, 7) is 8.17. The third-order valence-corrected chi connectivity index (χ3v) is 11.6. The number of carbonyl (C=O) groups is 2. The second kappa shape index (κ2) is 20.8. The van der Waals surface area contributed by atoms with Gasteiger partial charge in [0.25, 0.3) is 0 Å². The fourth-order valence-electron chi connectivity index (χ4n) is 8.24. The highest BCUT2D eigenvalue weighted by molar-refractivity contribution is 5.90. The van der Waals surface area contributed by atoms with Gasteiger partial charge in [0.15, 0.2) is 0 Å². The van der Waals surface area contributed by atoms with Gasteiger partial charge in [0.05, 0.1) is 11.1 Å². The van der Waals surface area contributed by atoms with Gasteiger partial charge in [-0.15, -0.1) is 0 Å². The van der Waals surface area contributed by atoms with Crippen LogP contribution in [0.1, 0.15) is 175 Å². The van der Waals surface area contributed by atoms with Crippen LogP contribution in [0.2, 0.25) is 0 Å². The fraction of sp³-hybridized carbons (Fsp3) is 0.682. The first kappa shape index (κ1) is 38.2. The van der Waals surface area contributed by atoms with Gasteiger partial charge < -0.3 is 9.47 Å². The van der Waals surface area contributed by atoms with E-state index in [1.807, 2.05) is 48.5 Å². The summed E-state index contributed by atoms with van der Waals surface area (Å²) in [6, 6.07) is 15.6. The van der Waals surface area contributed by atoms with Gasteiger partial charge in [-0.2, -0.15) is 0 Å². The van der Waals surface area contributed by atoms with E-state index in [2.05, 4.69) is 13.8 Å². The fourth-order valence-corrected chi connectivity index (χ4v) is 8.24. The average molecular weight is 659 g/mol. The van der Waals surface area contributed by atoms with Crippen LogP contribution in [0.4, 0.5) is 0 Å². The molecule has 0 spiro atoms. The lowest BCUT2D eigenvalue weighted by Gasteiger charge is -2.28. The highest BCUT2D eigenvalue weighted by Gasteiger charge is 2.23. The van der Waals surface area contributed by atoms with Crippen LogP contribution in [-0.4, -0.2) is 24.1 Å². The molecule has 266 valence electrons. The molecule has 2 fully saturated rings. The molecule has 2 aliphatic carbocycles. The lowest BCUT2D eigenvalue weighted by Crippen LogP contribution is -2.30. The Bertz CT molecular complexity index is 1090. The molecule has 0 heterocycles. The number of unbranched alkanes of at least 4 members (excludes halogenated alkanes) is 2. The van der Waals surface area contributed by atoms with E-state index < -0.39 is 12.2 Å². The lowest BCUT2D eigenvalue weighted by molar-refractivity contribution is -0.0239. The SMILES string of the molecule is CCCC1CCC(CCCCc2ccc(C(=O)OC(C)C(C)OC(=O)c3ccc(CCCCC4CCC(CCC)CC4)cc3)cc2)CC1. The number of ether oxygens (including phenoxy) is 2. The summed E-state index contributed by atoms with van der Waals surface area (Å²) in [5, 5.41) is 0. The summed E-state index contributed by atoms with van der Waals surface area (Å²) in [7, 11) is 0. The summed E-state index contributed by atoms with van der Waals surface area (Å²) >= 11 is 0. The average Bonchev–Trinajstić information content (AvgIpc) is 3.10. The molecule has 48 heavy (non-hydrogen) atoms. The number of esters is 2. The maximum atomic E-state index is 12.8. The van der Waals surface area contributed by atoms with E-state index in [9.17, 15) is 9.59 Å². The molecule has 0 aromatic heterocycles. The van der Waals surface area contributed by atoms with Crippen molar-refractivity contribution in [2.45, 2.75) is 168 Å². The predicted molar refractivity (Wildman–Crippen MR) is 198 cm³/mol. The molecule has 2 aliphatic rings. The Morgan fingerprint density at radius 1 is 0.521 bits per heavy atom. The molecule has 0 N–H and O–H groups in total. The Morgan fingerprint density at radius 3 is 1.15 bits per heavy atom. The van der Waals surface area contributed by atoms with E-state index in [-0.39, 0.29) is 11.9 Å². The van der Waals surface area contributed by atoms with E-state index >= 15 is 0 Å². The van der Waals surface area contributed by atoms with Crippen molar-refractivity contribution in [3.63, 3.8) is 0 Å². The van der Waals surface area contributed by atoms with E-state index in [4.69, 9.17) is 9.47 Å². The first-order chi connectivity index (χ1) is 23.3. The predicted octanol–water partition coefficient (Wildman–Crippen LogP) is 12.1. The quantitative estimate of drug-likeness (QED) is 0.111. The van der Waals surface area contributed by atoms with Gasteiger partial charge in [0.2, 0.25) is 0 Å². The van der Waals surface area contributed by atoms with Crippen LogP contribution in [0.25, 0.3) is 0 Å². The monoisotopic (exact) mass is 658 g/mol. The third kappa shape index (κ3) is 13.0. The van der Waals surface area contributed by atoms with Crippen molar-refractivity contribution in [3.8, 4) is 0 Å². The van der Waals surface area contributed by atoms with Crippen LogP contribution >= 0.6 is 0 Å². The molecule has 4 heteroatoms. The maximum absolute atomic E-state index is 12.8. The minimum atomic E-state index is -0.556. The maximum Gasteiger partial charge on any atom is 0.338 e. The number of carbonyl (C=O) groups excluding carboxylic acids is 2. The van der Waals surface area contributed by atoms with Crippen molar-refractivity contribution < 1.29 is 19.1 Å². The van der Waals surface area contributed by atoms with Gasteiger partial charge >= 0.3 is 11.9 Å². The Balaban J connectivity index is 1.09. The summed E-state index contributed by atoms with van der Waals surface area (Å²) < 4.78 is 11.4. The Labute approximate surface area is 293 Å². The molecule has 2 saturated carbocycles. The summed E-state index contributed by atoms with van der Waals surface area (Å²) in [6.07, 6.45) is 25.6. The van der Waals surface area contributed by atoms with Gasteiger partial charge in [0, 0.05) is 0 Å². The van der Waals surface area contributed by atoms with E-state index in [1.165, 1.54) is 127 Å². The van der Waals surface area contributed by atoms with Gasteiger partial charge in [-0.05, 0) is 98.6 Å². The largest absolute Gasteiger partial charge is 0.455 e. The zero-order valence-corrected chi connectivity index (χ0v) is 30.9. The second-order valence-electron chi connectivity index (χ2n) is 15.5. The molecule has 2 atom stereocenters. The van der Waals surface area contributed by atoms with Crippen molar-refractivity contribution in [2.24, 2.45) is 23.7 Å². The highest BCUT2D eigenvalue weighted by Crippen LogP contribution is 2.35. The molecule has 4 rings (SSSR count). The zero-order valence-electron chi connectivity index (χ0n) is 30.9. The standard InChI is InChI=1S/C44H66O4/c1-5-11-35-17-21-37(22-18-35)13-7-9-15-39-25-29-41(30-26-39)43(45)47-33(3)34(4)48-44(46)42-31-27-40(28-32-42)16-10-8-14-38-23-19-36(12-6-2)20-24-38/h25-38H,5-24H2,1-4H3. The normalized spacial score (nSPS) is 22.5. The molecule has 0 bridgehead atoms. The zero-order chi connectivity index (χ0) is 34.1. The van der Waals surface area contributed by atoms with Crippen molar-refractivity contribution in [1.29, 1.82) is 0 Å². The molecular weight excluding hydrogens is 592 g/mol. The Morgan fingerprint density at radius 2 is 0.833 bits per heavy atom. The van der Waals surface area contributed by atoms with Crippen LogP contribution in [0, 0.1) is 23.7 Å². The second-order valence-corrected chi connectivity index (χ2v) is 15.5. The Hall–Kier alpha value is -2.62. The van der Waals surface area contributed by atoms with Crippen molar-refractivity contribution in [2.75, 3.05) is 0 Å². The van der Waals surface area contributed by atoms with Crippen molar-refractivity contribution in [1.82, 2.24) is 0 Å². The van der Waals surface area contributed by atoms with E-state index in [1.54, 1.807) is 13.8 Å². The van der Waals surface area contributed by atoms with Crippen LogP contribution in [0.3, 0.4) is 0 Å². The molecule has 0 saturated heterocycles. The summed E-state index contributed by atoms with van der Waals surface area (Å²) in [5.41, 5.74) is 3.59. The van der Waals surface area contributed by atoms with E-state index in [0.29, 0.717) is 11.1 Å². The van der Waals surface area contributed by atoms with Crippen LogP contribution in [-0.2, 0) is 22.3 Å². The highest BCUT2D eigenvalue weighted by atomic mass is 16.6. The van der Waals surface area contributed by atoms with Crippen LogP contribution < -0.4 is 0 Å². The first-order valence-electron chi connectivity index (χ1n) is 19.9. The minimum absolute atomic E-state index is 0.385. The summed E-state index contributed by atoms with van der Waals surface area (Å²) in [4.78, 5) is 25.7. The third-order valence-electron chi connectivity index (χ3n) is 11.6. The molecular formula is C44H66O4. The molecule has 0 amide bonds. The molecule has 2 aromatic carbocycles. The smallest absolute Gasteiger partial charge is 0.338 e. The van der Waals surface area contributed by atoms with Crippen molar-refractivity contribution >= 4 is 11.9 Å². The van der Waals surface area contributed by atoms with Gasteiger partial charge in [-0.3, -0.25) is 0 Å². The van der Waals surface area contributed by atoms with Gasteiger partial charge in [-0.25, -0.2) is 9.59 Å². The number of hydrogen-bond acceptors (Lipinski definition) is 4. The molecule has 4 nitrogen and oxygen atoms in total. The number of benzene rings is 2. The molecule has 0 radical (unpaired) electrons. The van der Waals surface area contributed by atoms with Gasteiger partial charge in [-0.1, -0.05) is 141 Å². The number of rotatable bonds is 19. The Kier molecular flexibility index (Phi) is 16.5. The van der Waals surface area contributed by atoms with Crippen LogP contribution in [0.15, 0.2) is 48.5 Å². The summed E-state index contributed by atoms with van der Waals surface area (Å²) in [5.74, 6) is 3.04. The van der Waals surface area contributed by atoms with Gasteiger partial charge in [0.1, 0.15) is 12.2 Å². The first-order valence-corrected chi connectivity index (χ1v) is 19.9. The lowest BCUT2D eigenvalue weighted by atomic mass is 9.78. The minimum Gasteiger partial charge on any atom is -0.455 e. The molecule has 2 unspecified atom stereocenters. The number of hydrogen-bond donors (Lipinski definition) is 0. The van der Waals surface area contributed by atoms with E-state index in [0.717, 1.165) is 36.5 Å². The van der Waals surface area contributed by atoms with Crippen molar-refractivity contribution in [3.05, 3.63) is 70.8 Å². The topological polar surface area (TPSA) is 52.6 Å². The molecule has 2 aromatic rings.